The van der Waals surface area contributed by atoms with Gasteiger partial charge in [-0.1, -0.05) is 75.5 Å². The third kappa shape index (κ3) is 6.77. The van der Waals surface area contributed by atoms with Crippen LogP contribution in [0.5, 0.6) is 0 Å². The van der Waals surface area contributed by atoms with Crippen LogP contribution in [0.4, 0.5) is 6.01 Å². The van der Waals surface area contributed by atoms with Gasteiger partial charge < -0.3 is 10.2 Å². The van der Waals surface area contributed by atoms with E-state index in [0.717, 1.165) is 24.8 Å². The zero-order valence-corrected chi connectivity index (χ0v) is 17.2. The maximum absolute atomic E-state index is 5.93. The number of aromatic nitrogens is 2. The summed E-state index contributed by atoms with van der Waals surface area (Å²) in [4.78, 5) is 4.25. The van der Waals surface area contributed by atoms with E-state index in [-0.39, 0.29) is 6.01 Å². The molecular weight excluding hydrogens is 348 g/mol. The largest absolute Gasteiger partial charge is 0.402 e. The lowest BCUT2D eigenvalue weighted by Gasteiger charge is -2.04. The molecule has 0 bridgehead atoms. The van der Waals surface area contributed by atoms with Gasteiger partial charge in [0.05, 0.1) is 0 Å². The van der Waals surface area contributed by atoms with Gasteiger partial charge in [-0.05, 0) is 43.4 Å². The van der Waals surface area contributed by atoms with E-state index in [1.165, 1.54) is 63.4 Å². The molecule has 1 aromatic heterocycles. The molecule has 2 N–H and O–H groups in total. The minimum Gasteiger partial charge on any atom is -0.402 e. The molecule has 0 aliphatic heterocycles. The molecule has 5 nitrogen and oxygen atoms in total. The van der Waals surface area contributed by atoms with Crippen molar-refractivity contribution in [2.45, 2.75) is 84.0 Å². The fourth-order valence-corrected chi connectivity index (χ4v) is 3.46. The van der Waals surface area contributed by atoms with E-state index >= 15 is 0 Å². The molecule has 0 radical (unpaired) electrons. The molecule has 1 aliphatic carbocycles. The van der Waals surface area contributed by atoms with Gasteiger partial charge in [-0.15, -0.1) is 5.10 Å². The van der Waals surface area contributed by atoms with Crippen molar-refractivity contribution in [3.8, 4) is 11.5 Å². The quantitative estimate of drug-likeness (QED) is 0.254. The standard InChI is InChI=1S/C23H34N4O/c1-2-3-4-5-6-7-8-9-10-12-18-13-11-14-20(17-18)22-26-27-23(28-22)25-21(24)19-15-16-19/h11,13-14,17,19H,2-10,12,15-16H2,1H3,(H2,24,25,27). The van der Waals surface area contributed by atoms with Gasteiger partial charge in [0.1, 0.15) is 5.84 Å². The van der Waals surface area contributed by atoms with Crippen LogP contribution in [0.2, 0.25) is 0 Å². The molecular formula is C23H34N4O. The van der Waals surface area contributed by atoms with Crippen LogP contribution in [-0.4, -0.2) is 16.0 Å². The second kappa shape index (κ2) is 11.0. The Morgan fingerprint density at radius 3 is 2.46 bits per heavy atom. The Bertz CT molecular complexity index is 749. The summed E-state index contributed by atoms with van der Waals surface area (Å²) >= 11 is 0. The van der Waals surface area contributed by atoms with E-state index in [1.807, 2.05) is 6.07 Å². The fraction of sp³-hybridized carbons (Fsp3) is 0.609. The number of rotatable bonds is 13. The van der Waals surface area contributed by atoms with E-state index < -0.39 is 0 Å². The van der Waals surface area contributed by atoms with Crippen molar-refractivity contribution in [1.82, 2.24) is 10.2 Å². The summed E-state index contributed by atoms with van der Waals surface area (Å²) in [6, 6.07) is 8.64. The van der Waals surface area contributed by atoms with E-state index in [1.54, 1.807) is 0 Å². The van der Waals surface area contributed by atoms with Crippen LogP contribution in [-0.2, 0) is 6.42 Å². The zero-order valence-electron chi connectivity index (χ0n) is 17.2. The smallest absolute Gasteiger partial charge is 0.344 e. The lowest BCUT2D eigenvalue weighted by atomic mass is 10.0. The molecule has 1 heterocycles. The lowest BCUT2D eigenvalue weighted by molar-refractivity contribution is 0.564. The lowest BCUT2D eigenvalue weighted by Crippen LogP contribution is -2.13. The van der Waals surface area contributed by atoms with Crippen LogP contribution in [0.1, 0.15) is 83.1 Å². The third-order valence-electron chi connectivity index (χ3n) is 5.38. The van der Waals surface area contributed by atoms with Gasteiger partial charge in [0, 0.05) is 11.5 Å². The maximum atomic E-state index is 5.93. The predicted molar refractivity (Wildman–Crippen MR) is 115 cm³/mol. The van der Waals surface area contributed by atoms with E-state index in [0.29, 0.717) is 17.6 Å². The average molecular weight is 383 g/mol. The topological polar surface area (TPSA) is 77.3 Å². The molecule has 2 aromatic rings. The summed E-state index contributed by atoms with van der Waals surface area (Å²) in [5.41, 5.74) is 8.20. The Kier molecular flexibility index (Phi) is 8.07. The SMILES string of the molecule is CCCCCCCCCCCc1cccc(-c2nnc(/N=C(\N)C3CC3)o2)c1. The summed E-state index contributed by atoms with van der Waals surface area (Å²) in [7, 11) is 0. The molecule has 0 amide bonds. The summed E-state index contributed by atoms with van der Waals surface area (Å²) < 4.78 is 5.68. The highest BCUT2D eigenvalue weighted by atomic mass is 16.4. The van der Waals surface area contributed by atoms with Crippen LogP contribution in [0.3, 0.4) is 0 Å². The van der Waals surface area contributed by atoms with Gasteiger partial charge in [-0.25, -0.2) is 0 Å². The number of aliphatic imine (C=N–C) groups is 1. The number of aryl methyl sites for hydroxylation is 1. The Hall–Kier alpha value is -2.17. The van der Waals surface area contributed by atoms with Gasteiger partial charge in [0.15, 0.2) is 0 Å². The Morgan fingerprint density at radius 1 is 1.04 bits per heavy atom. The molecule has 28 heavy (non-hydrogen) atoms. The first-order chi connectivity index (χ1) is 13.8. The van der Waals surface area contributed by atoms with Gasteiger partial charge in [0.25, 0.3) is 0 Å². The Balaban J connectivity index is 1.42. The van der Waals surface area contributed by atoms with Crippen molar-refractivity contribution in [2.75, 3.05) is 0 Å². The minimum absolute atomic E-state index is 0.253. The first-order valence-electron chi connectivity index (χ1n) is 11.0. The number of hydrogen-bond acceptors (Lipinski definition) is 4. The molecule has 0 spiro atoms. The summed E-state index contributed by atoms with van der Waals surface area (Å²) in [5, 5.41) is 8.14. The molecule has 1 fully saturated rings. The number of amidine groups is 1. The van der Waals surface area contributed by atoms with E-state index in [4.69, 9.17) is 10.2 Å². The Labute approximate surface area is 168 Å². The highest BCUT2D eigenvalue weighted by molar-refractivity contribution is 5.86. The molecule has 1 saturated carbocycles. The van der Waals surface area contributed by atoms with E-state index in [9.17, 15) is 0 Å². The van der Waals surface area contributed by atoms with E-state index in [2.05, 4.69) is 40.3 Å². The molecule has 5 heteroatoms. The third-order valence-corrected chi connectivity index (χ3v) is 5.38. The van der Waals surface area contributed by atoms with Crippen molar-refractivity contribution in [1.29, 1.82) is 0 Å². The molecule has 1 aliphatic rings. The molecule has 1 aromatic carbocycles. The number of nitrogens with two attached hydrogens (primary N) is 1. The fourth-order valence-electron chi connectivity index (χ4n) is 3.46. The normalized spacial score (nSPS) is 14.5. The number of unbranched alkanes of at least 4 members (excludes halogenated alkanes) is 8. The van der Waals surface area contributed by atoms with Crippen molar-refractivity contribution >= 4 is 11.9 Å². The predicted octanol–water partition coefficient (Wildman–Crippen LogP) is 6.21. The maximum Gasteiger partial charge on any atom is 0.344 e. The van der Waals surface area contributed by atoms with Gasteiger partial charge in [-0.2, -0.15) is 4.99 Å². The number of nitrogens with zero attached hydrogens (tertiary/aromatic N) is 3. The van der Waals surface area contributed by atoms with Crippen molar-refractivity contribution in [3.63, 3.8) is 0 Å². The number of hydrogen-bond donors (Lipinski definition) is 1. The zero-order chi connectivity index (χ0) is 19.6. The molecule has 3 rings (SSSR count). The van der Waals surface area contributed by atoms with Crippen LogP contribution >= 0.6 is 0 Å². The van der Waals surface area contributed by atoms with Crippen molar-refractivity contribution < 1.29 is 4.42 Å². The minimum atomic E-state index is 0.253. The van der Waals surface area contributed by atoms with Crippen LogP contribution in [0.15, 0.2) is 33.7 Å². The van der Waals surface area contributed by atoms with Crippen LogP contribution < -0.4 is 5.73 Å². The average Bonchev–Trinajstić information content (AvgIpc) is 3.46. The summed E-state index contributed by atoms with van der Waals surface area (Å²) in [5.74, 6) is 1.51. The van der Waals surface area contributed by atoms with Gasteiger partial charge in [0.2, 0.25) is 5.89 Å². The summed E-state index contributed by atoms with van der Waals surface area (Å²) in [6.45, 7) is 2.27. The first kappa shape index (κ1) is 20.6. The molecule has 152 valence electrons. The first-order valence-corrected chi connectivity index (χ1v) is 11.0. The van der Waals surface area contributed by atoms with Crippen molar-refractivity contribution in [2.24, 2.45) is 16.6 Å². The molecule has 0 saturated heterocycles. The molecule has 0 unspecified atom stereocenters. The molecule has 0 atom stereocenters. The van der Waals surface area contributed by atoms with Crippen LogP contribution in [0.25, 0.3) is 11.5 Å². The monoisotopic (exact) mass is 382 g/mol. The van der Waals surface area contributed by atoms with Gasteiger partial charge >= 0.3 is 6.01 Å². The number of benzene rings is 1. The van der Waals surface area contributed by atoms with Crippen LogP contribution in [0, 0.1) is 5.92 Å². The van der Waals surface area contributed by atoms with Gasteiger partial charge in [-0.3, -0.25) is 0 Å². The summed E-state index contributed by atoms with van der Waals surface area (Å²) in [6.07, 6.45) is 15.5. The Morgan fingerprint density at radius 2 is 1.75 bits per heavy atom. The van der Waals surface area contributed by atoms with Crippen molar-refractivity contribution in [3.05, 3.63) is 29.8 Å². The second-order valence-corrected chi connectivity index (χ2v) is 7.98. The second-order valence-electron chi connectivity index (χ2n) is 7.98. The highest BCUT2D eigenvalue weighted by Crippen LogP contribution is 2.30. The highest BCUT2D eigenvalue weighted by Gasteiger charge is 2.26.